The van der Waals surface area contributed by atoms with Crippen LogP contribution in [-0.2, 0) is 4.74 Å². The van der Waals surface area contributed by atoms with Crippen LogP contribution in [0.5, 0.6) is 0 Å². The highest BCUT2D eigenvalue weighted by molar-refractivity contribution is 5.09. The van der Waals surface area contributed by atoms with Crippen LogP contribution < -0.4 is 0 Å². The lowest BCUT2D eigenvalue weighted by Gasteiger charge is -2.39. The molecule has 90 valence electrons. The predicted molar refractivity (Wildman–Crippen MR) is 68.4 cm³/mol. The fourth-order valence-corrected chi connectivity index (χ4v) is 3.25. The summed E-state index contributed by atoms with van der Waals surface area (Å²) in [4.78, 5) is 0. The molecule has 0 unspecified atom stereocenters. The molecule has 1 aliphatic heterocycles. The molecule has 1 aliphatic carbocycles. The Labute approximate surface area is 99.6 Å². The summed E-state index contributed by atoms with van der Waals surface area (Å²) >= 11 is 0. The van der Waals surface area contributed by atoms with Crippen molar-refractivity contribution in [3.63, 3.8) is 0 Å². The van der Waals surface area contributed by atoms with E-state index in [-0.39, 0.29) is 0 Å². The van der Waals surface area contributed by atoms with Crippen molar-refractivity contribution in [3.05, 3.63) is 23.8 Å². The largest absolute Gasteiger partial charge is 0.374 e. The van der Waals surface area contributed by atoms with Crippen LogP contribution in [0.25, 0.3) is 0 Å². The Morgan fingerprint density at radius 2 is 2.00 bits per heavy atom. The van der Waals surface area contributed by atoms with Crippen molar-refractivity contribution < 1.29 is 4.74 Å². The Bertz CT molecular complexity index is 303. The molecule has 2 rings (SSSR count). The fraction of sp³-hybridized carbons (Fsp3) is 0.733. The van der Waals surface area contributed by atoms with Gasteiger partial charge in [0.2, 0.25) is 0 Å². The lowest BCUT2D eigenvalue weighted by molar-refractivity contribution is -0.0640. The van der Waals surface area contributed by atoms with E-state index in [1.54, 1.807) is 5.57 Å². The molecule has 16 heavy (non-hydrogen) atoms. The number of hydrogen-bond donors (Lipinski definition) is 0. The van der Waals surface area contributed by atoms with Crippen LogP contribution in [0.1, 0.15) is 46.5 Å². The molecule has 2 aliphatic rings. The molecule has 1 nitrogen and oxygen atoms in total. The zero-order chi connectivity index (χ0) is 11.7. The van der Waals surface area contributed by atoms with Gasteiger partial charge in [0.25, 0.3) is 0 Å². The first-order chi connectivity index (χ1) is 7.56. The zero-order valence-corrected chi connectivity index (χ0v) is 10.8. The molecule has 1 saturated heterocycles. The molecule has 0 radical (unpaired) electrons. The number of rotatable bonds is 1. The lowest BCUT2D eigenvalue weighted by Crippen LogP contribution is -2.36. The van der Waals surface area contributed by atoms with E-state index in [1.165, 1.54) is 18.4 Å². The highest BCUT2D eigenvalue weighted by Gasteiger charge is 2.33. The Morgan fingerprint density at radius 3 is 2.62 bits per heavy atom. The van der Waals surface area contributed by atoms with E-state index < -0.39 is 0 Å². The maximum absolute atomic E-state index is 6.11. The Morgan fingerprint density at radius 1 is 1.25 bits per heavy atom. The molecular formula is C15H24O. The first-order valence-electron chi connectivity index (χ1n) is 6.54. The predicted octanol–water partition coefficient (Wildman–Crippen LogP) is 4.10. The molecule has 0 aromatic heterocycles. The van der Waals surface area contributed by atoms with Gasteiger partial charge in [-0.2, -0.15) is 0 Å². The van der Waals surface area contributed by atoms with Gasteiger partial charge in [0.15, 0.2) is 0 Å². The van der Waals surface area contributed by atoms with Crippen molar-refractivity contribution in [1.29, 1.82) is 0 Å². The summed E-state index contributed by atoms with van der Waals surface area (Å²) in [5.74, 6) is 1.45. The van der Waals surface area contributed by atoms with Crippen molar-refractivity contribution in [3.8, 4) is 0 Å². The van der Waals surface area contributed by atoms with Crippen LogP contribution in [-0.4, -0.2) is 12.2 Å². The molecule has 0 N–H and O–H groups in total. The quantitative estimate of drug-likeness (QED) is 0.604. The Hall–Kier alpha value is -0.560. The molecule has 1 fully saturated rings. The van der Waals surface area contributed by atoms with E-state index in [0.29, 0.717) is 18.1 Å². The summed E-state index contributed by atoms with van der Waals surface area (Å²) < 4.78 is 6.11. The van der Waals surface area contributed by atoms with Crippen molar-refractivity contribution in [2.24, 2.45) is 11.8 Å². The minimum absolute atomic E-state index is 0.366. The Balaban J connectivity index is 2.04. The molecular weight excluding hydrogens is 196 g/mol. The standard InChI is InChI=1S/C15H24O/c1-10-5-6-14(12(3)7-10)15-9-11(2)8-13(4)16-15/h5,12-15H,2,6-9H2,1,3-4H3/t12-,13+,14+,15+/m1/s1. The molecule has 0 saturated carbocycles. The van der Waals surface area contributed by atoms with Gasteiger partial charge in [-0.1, -0.05) is 30.7 Å². The van der Waals surface area contributed by atoms with Gasteiger partial charge in [0.1, 0.15) is 0 Å². The van der Waals surface area contributed by atoms with Crippen molar-refractivity contribution in [1.82, 2.24) is 0 Å². The van der Waals surface area contributed by atoms with Crippen molar-refractivity contribution >= 4 is 0 Å². The Kier molecular flexibility index (Phi) is 3.53. The summed E-state index contributed by atoms with van der Waals surface area (Å²) in [5.41, 5.74) is 2.92. The topological polar surface area (TPSA) is 9.23 Å². The van der Waals surface area contributed by atoms with Crippen LogP contribution in [0.2, 0.25) is 0 Å². The van der Waals surface area contributed by atoms with E-state index in [2.05, 4.69) is 33.4 Å². The maximum Gasteiger partial charge on any atom is 0.0649 e. The van der Waals surface area contributed by atoms with Crippen LogP contribution in [0.15, 0.2) is 23.8 Å². The average molecular weight is 220 g/mol. The highest BCUT2D eigenvalue weighted by atomic mass is 16.5. The van der Waals surface area contributed by atoms with Crippen molar-refractivity contribution in [2.75, 3.05) is 0 Å². The van der Waals surface area contributed by atoms with E-state index in [4.69, 9.17) is 4.74 Å². The number of hydrogen-bond acceptors (Lipinski definition) is 1. The number of allylic oxidation sites excluding steroid dienone is 2. The van der Waals surface area contributed by atoms with Gasteiger partial charge >= 0.3 is 0 Å². The molecule has 1 heteroatoms. The zero-order valence-electron chi connectivity index (χ0n) is 10.8. The second-order valence-electron chi connectivity index (χ2n) is 5.77. The van der Waals surface area contributed by atoms with Gasteiger partial charge in [-0.3, -0.25) is 0 Å². The van der Waals surface area contributed by atoms with Crippen LogP contribution in [0.3, 0.4) is 0 Å². The maximum atomic E-state index is 6.11. The minimum Gasteiger partial charge on any atom is -0.374 e. The second kappa shape index (κ2) is 4.75. The third kappa shape index (κ3) is 2.57. The van der Waals surface area contributed by atoms with Crippen LogP contribution >= 0.6 is 0 Å². The van der Waals surface area contributed by atoms with E-state index >= 15 is 0 Å². The first kappa shape index (κ1) is 11.9. The summed E-state index contributed by atoms with van der Waals surface area (Å²) in [6.07, 6.45) is 7.73. The monoisotopic (exact) mass is 220 g/mol. The van der Waals surface area contributed by atoms with Crippen LogP contribution in [0.4, 0.5) is 0 Å². The van der Waals surface area contributed by atoms with Gasteiger partial charge in [0.05, 0.1) is 12.2 Å². The second-order valence-corrected chi connectivity index (χ2v) is 5.77. The third-order valence-corrected chi connectivity index (χ3v) is 4.06. The molecule has 1 heterocycles. The molecule has 0 amide bonds. The third-order valence-electron chi connectivity index (χ3n) is 4.06. The fourth-order valence-electron chi connectivity index (χ4n) is 3.25. The molecule has 0 bridgehead atoms. The highest BCUT2D eigenvalue weighted by Crippen LogP contribution is 2.37. The smallest absolute Gasteiger partial charge is 0.0649 e. The molecule has 0 aromatic rings. The van der Waals surface area contributed by atoms with E-state index in [0.717, 1.165) is 18.8 Å². The van der Waals surface area contributed by atoms with Gasteiger partial charge in [-0.25, -0.2) is 0 Å². The van der Waals surface area contributed by atoms with Gasteiger partial charge in [-0.15, -0.1) is 0 Å². The molecule has 0 spiro atoms. The average Bonchev–Trinajstić information content (AvgIpc) is 2.15. The SMILES string of the molecule is C=C1C[C@@H]([C@H]2CC=C(C)C[C@H]2C)O[C@@H](C)C1. The van der Waals surface area contributed by atoms with Crippen LogP contribution in [0, 0.1) is 11.8 Å². The molecule has 4 atom stereocenters. The summed E-state index contributed by atoms with van der Waals surface area (Å²) in [5, 5.41) is 0. The first-order valence-corrected chi connectivity index (χ1v) is 6.54. The van der Waals surface area contributed by atoms with Gasteiger partial charge in [0, 0.05) is 0 Å². The summed E-state index contributed by atoms with van der Waals surface area (Å²) in [6.45, 7) is 10.9. The van der Waals surface area contributed by atoms with E-state index in [9.17, 15) is 0 Å². The lowest BCUT2D eigenvalue weighted by atomic mass is 9.75. The van der Waals surface area contributed by atoms with Gasteiger partial charge < -0.3 is 4.74 Å². The minimum atomic E-state index is 0.366. The van der Waals surface area contributed by atoms with Crippen molar-refractivity contribution in [2.45, 2.75) is 58.7 Å². The summed E-state index contributed by atoms with van der Waals surface area (Å²) in [7, 11) is 0. The van der Waals surface area contributed by atoms with E-state index in [1.807, 2.05) is 0 Å². The normalized spacial score (nSPS) is 40.7. The number of ether oxygens (including phenoxy) is 1. The van der Waals surface area contributed by atoms with Gasteiger partial charge in [-0.05, 0) is 51.4 Å². The molecule has 0 aromatic carbocycles. The summed E-state index contributed by atoms with van der Waals surface area (Å²) in [6, 6.07) is 0.